The van der Waals surface area contributed by atoms with E-state index in [1.54, 1.807) is 21.3 Å². The summed E-state index contributed by atoms with van der Waals surface area (Å²) in [6.07, 6.45) is 14.3. The first kappa shape index (κ1) is 20.4. The summed E-state index contributed by atoms with van der Waals surface area (Å²) >= 11 is 0. The van der Waals surface area contributed by atoms with Gasteiger partial charge < -0.3 is 0 Å². The zero-order valence-electron chi connectivity index (χ0n) is 15.6. The zero-order chi connectivity index (χ0) is 16.5. The van der Waals surface area contributed by atoms with Crippen LogP contribution >= 0.6 is 7.26 Å². The molecule has 0 aromatic carbocycles. The molecule has 0 aliphatic rings. The second-order valence-corrected chi connectivity index (χ2v) is 10.6. The minimum absolute atomic E-state index is 1.12. The molecule has 0 N–H and O–H groups in total. The maximum absolute atomic E-state index is 2.46. The molecule has 0 fully saturated rings. The average molecular weight is 308 g/mol. The molecular formula is C20H37P. The Balaban J connectivity index is 6.50. The van der Waals surface area contributed by atoms with Crippen molar-refractivity contribution in [1.29, 1.82) is 0 Å². The van der Waals surface area contributed by atoms with Gasteiger partial charge in [0.1, 0.15) is 0 Å². The minimum atomic E-state index is -1.85. The van der Waals surface area contributed by atoms with Gasteiger partial charge in [0.25, 0.3) is 0 Å². The van der Waals surface area contributed by atoms with Crippen molar-refractivity contribution >= 4 is 7.26 Å². The summed E-state index contributed by atoms with van der Waals surface area (Å²) in [6, 6.07) is 0. The van der Waals surface area contributed by atoms with Gasteiger partial charge in [-0.3, -0.25) is 0 Å². The van der Waals surface area contributed by atoms with Gasteiger partial charge in [-0.15, -0.1) is 0 Å². The monoisotopic (exact) mass is 308 g/mol. The van der Waals surface area contributed by atoms with Gasteiger partial charge in [0.15, 0.2) is 0 Å². The van der Waals surface area contributed by atoms with Crippen molar-refractivity contribution in [3.05, 3.63) is 45.6 Å². The number of hydrogen-bond donors (Lipinski definition) is 0. The van der Waals surface area contributed by atoms with Crippen LogP contribution in [-0.2, 0) is 0 Å². The van der Waals surface area contributed by atoms with Crippen LogP contribution in [-0.4, -0.2) is 0 Å². The van der Waals surface area contributed by atoms with Gasteiger partial charge in [0, 0.05) is 0 Å². The molecule has 0 spiro atoms. The maximum atomic E-state index is 2.46. The molecule has 0 aromatic rings. The van der Waals surface area contributed by atoms with Gasteiger partial charge in [0.05, 0.1) is 0 Å². The van der Waals surface area contributed by atoms with Crippen molar-refractivity contribution in [3.63, 3.8) is 0 Å². The summed E-state index contributed by atoms with van der Waals surface area (Å²) < 4.78 is 0. The van der Waals surface area contributed by atoms with Crippen LogP contribution in [0.1, 0.15) is 81.1 Å². The van der Waals surface area contributed by atoms with E-state index >= 15 is 0 Å². The Morgan fingerprint density at radius 3 is 0.857 bits per heavy atom. The van der Waals surface area contributed by atoms with Crippen molar-refractivity contribution in [3.8, 4) is 0 Å². The van der Waals surface area contributed by atoms with Gasteiger partial charge in [-0.1, -0.05) is 0 Å². The summed E-state index contributed by atoms with van der Waals surface area (Å²) in [4.78, 5) is 0. The molecule has 0 aliphatic heterocycles. The van der Waals surface area contributed by atoms with Gasteiger partial charge in [-0.25, -0.2) is 0 Å². The fourth-order valence-corrected chi connectivity index (χ4v) is 9.48. The predicted octanol–water partition coefficient (Wildman–Crippen LogP) is 7.99. The van der Waals surface area contributed by atoms with Crippen LogP contribution < -0.4 is 0 Å². The molecule has 21 heavy (non-hydrogen) atoms. The molecule has 0 nitrogen and oxygen atoms in total. The number of hydrogen-bond acceptors (Lipinski definition) is 0. The SMILES string of the molecule is CC/C=C(/C)[PH](/C(C)=C\CC)(/C(C)=C\CC)/C(C)=C\CC. The van der Waals surface area contributed by atoms with Crippen LogP contribution in [0.25, 0.3) is 0 Å². The van der Waals surface area contributed by atoms with E-state index in [-0.39, 0.29) is 0 Å². The van der Waals surface area contributed by atoms with E-state index in [2.05, 4.69) is 79.7 Å². The Morgan fingerprint density at radius 2 is 0.714 bits per heavy atom. The molecule has 0 atom stereocenters. The molecule has 0 bridgehead atoms. The first-order valence-electron chi connectivity index (χ1n) is 8.62. The fraction of sp³-hybridized carbons (Fsp3) is 0.600. The van der Waals surface area contributed by atoms with Crippen LogP contribution in [0.3, 0.4) is 0 Å². The van der Waals surface area contributed by atoms with Crippen LogP contribution in [0.2, 0.25) is 0 Å². The topological polar surface area (TPSA) is 0 Å². The second-order valence-electron chi connectivity index (χ2n) is 5.93. The molecule has 0 radical (unpaired) electrons. The van der Waals surface area contributed by atoms with Gasteiger partial charge in [0.2, 0.25) is 0 Å². The zero-order valence-corrected chi connectivity index (χ0v) is 16.6. The van der Waals surface area contributed by atoms with Crippen molar-refractivity contribution in [2.75, 3.05) is 0 Å². The Bertz CT molecular complexity index is 347. The van der Waals surface area contributed by atoms with Crippen molar-refractivity contribution in [1.82, 2.24) is 0 Å². The van der Waals surface area contributed by atoms with Crippen molar-refractivity contribution < 1.29 is 0 Å². The Hall–Kier alpha value is -0.610. The molecule has 0 saturated carbocycles. The van der Waals surface area contributed by atoms with Crippen LogP contribution in [0.15, 0.2) is 45.6 Å². The Kier molecular flexibility index (Phi) is 9.88. The van der Waals surface area contributed by atoms with E-state index in [0.29, 0.717) is 0 Å². The molecule has 0 heterocycles. The van der Waals surface area contributed by atoms with Crippen molar-refractivity contribution in [2.24, 2.45) is 0 Å². The molecule has 1 heteroatoms. The molecule has 0 aromatic heterocycles. The summed E-state index contributed by atoms with van der Waals surface area (Å²) in [6.45, 7) is 18.5. The summed E-state index contributed by atoms with van der Waals surface area (Å²) in [7, 11) is -1.85. The first-order valence-corrected chi connectivity index (χ1v) is 10.6. The van der Waals surface area contributed by atoms with Gasteiger partial charge in [-0.05, 0) is 0 Å². The quantitative estimate of drug-likeness (QED) is 0.398. The van der Waals surface area contributed by atoms with Crippen LogP contribution in [0, 0.1) is 0 Å². The molecule has 0 saturated heterocycles. The van der Waals surface area contributed by atoms with E-state index in [1.807, 2.05) is 0 Å². The fourth-order valence-electron chi connectivity index (χ4n) is 3.70. The van der Waals surface area contributed by atoms with Gasteiger partial charge >= 0.3 is 134 Å². The molecular weight excluding hydrogens is 271 g/mol. The predicted molar refractivity (Wildman–Crippen MR) is 105 cm³/mol. The van der Waals surface area contributed by atoms with E-state index < -0.39 is 7.26 Å². The average Bonchev–Trinajstić information content (AvgIpc) is 2.40. The summed E-state index contributed by atoms with van der Waals surface area (Å²) in [5.74, 6) is 0. The van der Waals surface area contributed by atoms with E-state index in [4.69, 9.17) is 0 Å². The van der Waals surface area contributed by atoms with Crippen LogP contribution in [0.5, 0.6) is 0 Å². The molecule has 0 rings (SSSR count). The van der Waals surface area contributed by atoms with E-state index in [1.165, 1.54) is 0 Å². The third-order valence-electron chi connectivity index (χ3n) is 4.41. The summed E-state index contributed by atoms with van der Waals surface area (Å²) in [5, 5.41) is 6.43. The molecule has 0 aliphatic carbocycles. The second kappa shape index (κ2) is 10.2. The van der Waals surface area contributed by atoms with Crippen LogP contribution in [0.4, 0.5) is 0 Å². The Morgan fingerprint density at radius 1 is 0.524 bits per heavy atom. The number of rotatable bonds is 8. The third-order valence-corrected chi connectivity index (χ3v) is 9.96. The first-order chi connectivity index (χ1) is 9.93. The van der Waals surface area contributed by atoms with E-state index in [9.17, 15) is 0 Å². The van der Waals surface area contributed by atoms with Gasteiger partial charge in [-0.2, -0.15) is 0 Å². The van der Waals surface area contributed by atoms with Crippen molar-refractivity contribution in [2.45, 2.75) is 81.1 Å². The van der Waals surface area contributed by atoms with E-state index in [0.717, 1.165) is 25.7 Å². The Labute approximate surface area is 134 Å². The molecule has 122 valence electrons. The molecule has 0 unspecified atom stereocenters. The normalized spacial score (nSPS) is 16.4. The third kappa shape index (κ3) is 4.68. The summed E-state index contributed by atoms with van der Waals surface area (Å²) in [5.41, 5.74) is 0. The number of allylic oxidation sites excluding steroid dienone is 8. The molecule has 0 amide bonds. The standard InChI is InChI=1S/C20H37P/c1-9-13-17(5)21(18(6)14-10-2,19(7)15-11-3)20(8)16-12-4/h13-16,21H,9-12H2,1-8H3/b17-13-,18-14-,19-15-,20-16-.